The summed E-state index contributed by atoms with van der Waals surface area (Å²) in [6, 6.07) is 1.70. The summed E-state index contributed by atoms with van der Waals surface area (Å²) in [4.78, 5) is 20.5. The van der Waals surface area contributed by atoms with E-state index in [4.69, 9.17) is 0 Å². The molecule has 1 amide bonds. The third-order valence-electron chi connectivity index (χ3n) is 3.61. The van der Waals surface area contributed by atoms with Crippen LogP contribution in [0.2, 0.25) is 0 Å². The molecule has 0 aromatic carbocycles. The van der Waals surface area contributed by atoms with Crippen LogP contribution in [0.3, 0.4) is 0 Å². The van der Waals surface area contributed by atoms with Gasteiger partial charge >= 0.3 is 0 Å². The van der Waals surface area contributed by atoms with Gasteiger partial charge < -0.3 is 10.6 Å². The van der Waals surface area contributed by atoms with Gasteiger partial charge in [0.05, 0.1) is 0 Å². The second kappa shape index (κ2) is 8.32. The first-order valence-corrected chi connectivity index (χ1v) is 7.85. The van der Waals surface area contributed by atoms with Gasteiger partial charge in [0.25, 0.3) is 5.91 Å². The summed E-state index contributed by atoms with van der Waals surface area (Å²) < 4.78 is 0. The number of aromatic nitrogens is 2. The Labute approximate surface area is 131 Å². The lowest BCUT2D eigenvalue weighted by Crippen LogP contribution is -2.25. The van der Waals surface area contributed by atoms with Crippen LogP contribution in [0.15, 0.2) is 30.4 Å². The lowest BCUT2D eigenvalue weighted by molar-refractivity contribution is 0.0952. The first-order chi connectivity index (χ1) is 10.7. The molecule has 0 bridgehead atoms. The van der Waals surface area contributed by atoms with Gasteiger partial charge in [0.1, 0.15) is 17.3 Å². The third-order valence-corrected chi connectivity index (χ3v) is 3.61. The zero-order valence-electron chi connectivity index (χ0n) is 13.2. The average Bonchev–Trinajstić information content (AvgIpc) is 2.53. The highest BCUT2D eigenvalue weighted by atomic mass is 16.1. The molecule has 1 aromatic rings. The van der Waals surface area contributed by atoms with Crippen LogP contribution in [0.5, 0.6) is 0 Å². The van der Waals surface area contributed by atoms with Crippen molar-refractivity contribution in [2.75, 3.05) is 18.4 Å². The third kappa shape index (κ3) is 4.98. The van der Waals surface area contributed by atoms with E-state index in [1.54, 1.807) is 19.1 Å². The van der Waals surface area contributed by atoms with E-state index in [0.29, 0.717) is 23.9 Å². The highest BCUT2D eigenvalue weighted by Crippen LogP contribution is 2.20. The van der Waals surface area contributed by atoms with Gasteiger partial charge in [0.15, 0.2) is 0 Å². The van der Waals surface area contributed by atoms with Crippen LogP contribution >= 0.6 is 0 Å². The Bertz CT molecular complexity index is 566. The normalized spacial score (nSPS) is 14.1. The highest BCUT2D eigenvalue weighted by molar-refractivity contribution is 5.93. The van der Waals surface area contributed by atoms with Crippen LogP contribution in [-0.2, 0) is 0 Å². The lowest BCUT2D eigenvalue weighted by atomic mass is 9.97. The number of amides is 1. The number of rotatable bonds is 7. The number of allylic oxidation sites excluding steroid dienone is 1. The number of aryl methyl sites for hydroxylation is 1. The summed E-state index contributed by atoms with van der Waals surface area (Å²) in [5.41, 5.74) is 1.90. The maximum atomic E-state index is 11.9. The first-order valence-electron chi connectivity index (χ1n) is 7.85. The fourth-order valence-corrected chi connectivity index (χ4v) is 2.51. The summed E-state index contributed by atoms with van der Waals surface area (Å²) in [6.45, 7) is 6.63. The van der Waals surface area contributed by atoms with Gasteiger partial charge in [-0.05, 0) is 39.0 Å². The van der Waals surface area contributed by atoms with Gasteiger partial charge in [0, 0.05) is 19.2 Å². The smallest absolute Gasteiger partial charge is 0.270 e. The van der Waals surface area contributed by atoms with Crippen molar-refractivity contribution in [2.45, 2.75) is 39.0 Å². The number of hydrogen-bond donors (Lipinski definition) is 2. The van der Waals surface area contributed by atoms with Crippen molar-refractivity contribution in [3.8, 4) is 0 Å². The van der Waals surface area contributed by atoms with E-state index in [1.165, 1.54) is 31.3 Å². The molecule has 0 saturated carbocycles. The second-order valence-electron chi connectivity index (χ2n) is 5.47. The van der Waals surface area contributed by atoms with Crippen molar-refractivity contribution < 1.29 is 4.79 Å². The van der Waals surface area contributed by atoms with Crippen molar-refractivity contribution in [3.05, 3.63) is 41.9 Å². The lowest BCUT2D eigenvalue weighted by Gasteiger charge is -2.13. The number of nitrogens with zero attached hydrogens (tertiary/aromatic N) is 2. The van der Waals surface area contributed by atoms with E-state index in [2.05, 4.69) is 33.3 Å². The van der Waals surface area contributed by atoms with Crippen molar-refractivity contribution in [3.63, 3.8) is 0 Å². The van der Waals surface area contributed by atoms with Crippen LogP contribution in [0, 0.1) is 6.92 Å². The summed E-state index contributed by atoms with van der Waals surface area (Å²) in [7, 11) is 0. The second-order valence-corrected chi connectivity index (χ2v) is 5.47. The molecule has 0 atom stereocenters. The maximum Gasteiger partial charge on any atom is 0.270 e. The Balaban J connectivity index is 1.92. The number of carbonyl (C=O) groups is 1. The summed E-state index contributed by atoms with van der Waals surface area (Å²) in [5.74, 6) is 1.08. The SMILES string of the molecule is C=CCNC(=O)c1cc(NCCC2=CCCCC2)nc(C)n1. The Kier molecular flexibility index (Phi) is 6.13. The molecule has 118 valence electrons. The van der Waals surface area contributed by atoms with Gasteiger partial charge in [0.2, 0.25) is 0 Å². The van der Waals surface area contributed by atoms with Gasteiger partial charge in [-0.1, -0.05) is 17.7 Å². The predicted octanol–water partition coefficient (Wildman–Crippen LogP) is 3.00. The monoisotopic (exact) mass is 300 g/mol. The molecule has 1 aromatic heterocycles. The standard InChI is InChI=1S/C17H24N4O/c1-3-10-19-17(22)15-12-16(21-13(2)20-15)18-11-9-14-7-5-4-6-8-14/h3,7,12H,1,4-6,8-11H2,2H3,(H,19,22)(H,18,20,21). The molecule has 0 fully saturated rings. The molecular weight excluding hydrogens is 276 g/mol. The molecule has 0 radical (unpaired) electrons. The number of carbonyl (C=O) groups excluding carboxylic acids is 1. The minimum atomic E-state index is -0.205. The van der Waals surface area contributed by atoms with Crippen LogP contribution in [0.25, 0.3) is 0 Å². The molecule has 0 saturated heterocycles. The van der Waals surface area contributed by atoms with Crippen LogP contribution in [0.1, 0.15) is 48.4 Å². The molecule has 5 heteroatoms. The molecule has 2 rings (SSSR count). The Morgan fingerprint density at radius 3 is 3.00 bits per heavy atom. The molecule has 0 unspecified atom stereocenters. The molecule has 0 spiro atoms. The predicted molar refractivity (Wildman–Crippen MR) is 89.0 cm³/mol. The zero-order valence-corrected chi connectivity index (χ0v) is 13.2. The van der Waals surface area contributed by atoms with Crippen LogP contribution in [-0.4, -0.2) is 29.0 Å². The van der Waals surface area contributed by atoms with Crippen LogP contribution < -0.4 is 10.6 Å². The largest absolute Gasteiger partial charge is 0.370 e. The van der Waals surface area contributed by atoms with Crippen molar-refractivity contribution in [1.29, 1.82) is 0 Å². The van der Waals surface area contributed by atoms with Crippen molar-refractivity contribution in [1.82, 2.24) is 15.3 Å². The fraction of sp³-hybridized carbons (Fsp3) is 0.471. The Morgan fingerprint density at radius 2 is 2.27 bits per heavy atom. The molecular formula is C17H24N4O. The molecule has 0 aliphatic heterocycles. The van der Waals surface area contributed by atoms with E-state index in [-0.39, 0.29) is 5.91 Å². The quantitative estimate of drug-likeness (QED) is 0.760. The Hall–Kier alpha value is -2.17. The molecule has 1 aliphatic rings. The summed E-state index contributed by atoms with van der Waals surface area (Å²) in [5, 5.41) is 6.02. The zero-order chi connectivity index (χ0) is 15.8. The van der Waals surface area contributed by atoms with Crippen molar-refractivity contribution >= 4 is 11.7 Å². The van der Waals surface area contributed by atoms with Crippen LogP contribution in [0.4, 0.5) is 5.82 Å². The average molecular weight is 300 g/mol. The molecule has 1 heterocycles. The summed E-state index contributed by atoms with van der Waals surface area (Å²) in [6.07, 6.45) is 10.0. The highest BCUT2D eigenvalue weighted by Gasteiger charge is 2.10. The number of nitrogens with one attached hydrogen (secondary N) is 2. The minimum absolute atomic E-state index is 0.205. The minimum Gasteiger partial charge on any atom is -0.370 e. The molecule has 22 heavy (non-hydrogen) atoms. The first kappa shape index (κ1) is 16.2. The number of anilines is 1. The van der Waals surface area contributed by atoms with Gasteiger partial charge in [-0.2, -0.15) is 0 Å². The Morgan fingerprint density at radius 1 is 1.41 bits per heavy atom. The van der Waals surface area contributed by atoms with Gasteiger partial charge in [-0.3, -0.25) is 4.79 Å². The molecule has 2 N–H and O–H groups in total. The van der Waals surface area contributed by atoms with E-state index < -0.39 is 0 Å². The van der Waals surface area contributed by atoms with E-state index in [0.717, 1.165) is 13.0 Å². The molecule has 1 aliphatic carbocycles. The van der Waals surface area contributed by atoms with E-state index in [1.807, 2.05) is 0 Å². The fourth-order valence-electron chi connectivity index (χ4n) is 2.51. The van der Waals surface area contributed by atoms with E-state index >= 15 is 0 Å². The topological polar surface area (TPSA) is 66.9 Å². The van der Waals surface area contributed by atoms with E-state index in [9.17, 15) is 4.79 Å². The van der Waals surface area contributed by atoms with Crippen molar-refractivity contribution in [2.24, 2.45) is 0 Å². The summed E-state index contributed by atoms with van der Waals surface area (Å²) >= 11 is 0. The van der Waals surface area contributed by atoms with Gasteiger partial charge in [-0.25, -0.2) is 9.97 Å². The van der Waals surface area contributed by atoms with Gasteiger partial charge in [-0.15, -0.1) is 6.58 Å². The molecule has 5 nitrogen and oxygen atoms in total. The maximum absolute atomic E-state index is 11.9. The number of hydrogen-bond acceptors (Lipinski definition) is 4.